The molecule has 1 atom stereocenters. The fraction of sp³-hybridized carbons (Fsp3) is 0.350. The molecule has 0 bridgehead atoms. The first-order valence-corrected chi connectivity index (χ1v) is 8.70. The molecule has 1 fully saturated rings. The van der Waals surface area contributed by atoms with Crippen molar-refractivity contribution in [2.24, 2.45) is 0 Å². The quantitative estimate of drug-likeness (QED) is 0.817. The average Bonchev–Trinajstić information content (AvgIpc) is 2.69. The van der Waals surface area contributed by atoms with E-state index in [0.717, 1.165) is 17.9 Å². The molecule has 2 aromatic rings. The fourth-order valence-corrected chi connectivity index (χ4v) is 3.15. The molecule has 27 heavy (non-hydrogen) atoms. The van der Waals surface area contributed by atoms with E-state index in [1.165, 1.54) is 12.1 Å². The number of hydrogen-bond donors (Lipinski definition) is 1. The number of para-hydroxylation sites is 1. The first-order valence-electron chi connectivity index (χ1n) is 8.70. The van der Waals surface area contributed by atoms with Crippen LogP contribution in [0.4, 0.5) is 4.39 Å². The lowest BCUT2D eigenvalue weighted by atomic mass is 10.0. The standard InChI is InChI=1S/C20H23FN2O3.ClH/c1-25-19-5-3-2-4-17(19)18-14-22-11-12-23(18)20(24)10-13-26-16-8-6-15(21)7-9-16;/h2-9,18,22H,10-14H2,1H3;1H. The Bertz CT molecular complexity index is 742. The van der Waals surface area contributed by atoms with Crippen LogP contribution in [0.2, 0.25) is 0 Å². The molecule has 0 spiro atoms. The highest BCUT2D eigenvalue weighted by Gasteiger charge is 2.29. The van der Waals surface area contributed by atoms with Crippen molar-refractivity contribution in [3.05, 3.63) is 59.9 Å². The summed E-state index contributed by atoms with van der Waals surface area (Å²) in [5.74, 6) is 1.06. The van der Waals surface area contributed by atoms with Crippen molar-refractivity contribution in [1.82, 2.24) is 10.2 Å². The highest BCUT2D eigenvalue weighted by atomic mass is 35.5. The maximum atomic E-state index is 12.9. The number of carbonyl (C=O) groups is 1. The molecule has 1 heterocycles. The van der Waals surface area contributed by atoms with Crippen molar-refractivity contribution < 1.29 is 18.7 Å². The second-order valence-corrected chi connectivity index (χ2v) is 6.10. The van der Waals surface area contributed by atoms with E-state index in [2.05, 4.69) is 5.32 Å². The van der Waals surface area contributed by atoms with Gasteiger partial charge < -0.3 is 19.7 Å². The molecule has 1 aliphatic rings. The number of benzene rings is 2. The summed E-state index contributed by atoms with van der Waals surface area (Å²) in [4.78, 5) is 14.6. The van der Waals surface area contributed by atoms with Gasteiger partial charge in [-0.3, -0.25) is 4.79 Å². The number of rotatable bonds is 6. The first kappa shape index (κ1) is 21.0. The normalized spacial score (nSPS) is 16.4. The smallest absolute Gasteiger partial charge is 0.226 e. The van der Waals surface area contributed by atoms with Crippen LogP contribution in [0.1, 0.15) is 18.0 Å². The molecule has 5 nitrogen and oxygen atoms in total. The van der Waals surface area contributed by atoms with Crippen LogP contribution in [0, 0.1) is 5.82 Å². The van der Waals surface area contributed by atoms with Gasteiger partial charge in [-0.1, -0.05) is 18.2 Å². The first-order chi connectivity index (χ1) is 12.7. The summed E-state index contributed by atoms with van der Waals surface area (Å²) in [7, 11) is 1.64. The summed E-state index contributed by atoms with van der Waals surface area (Å²) in [6, 6.07) is 13.5. The number of methoxy groups -OCH3 is 1. The Hall–Kier alpha value is -2.31. The zero-order valence-corrected chi connectivity index (χ0v) is 16.0. The molecule has 3 rings (SSSR count). The molecule has 7 heteroatoms. The van der Waals surface area contributed by atoms with Crippen LogP contribution >= 0.6 is 12.4 Å². The molecule has 1 saturated heterocycles. The summed E-state index contributed by atoms with van der Waals surface area (Å²) in [6.45, 7) is 2.34. The van der Waals surface area contributed by atoms with Crippen molar-refractivity contribution in [2.45, 2.75) is 12.5 Å². The number of carbonyl (C=O) groups excluding carboxylic acids is 1. The van der Waals surface area contributed by atoms with E-state index >= 15 is 0 Å². The third-order valence-corrected chi connectivity index (χ3v) is 4.46. The molecule has 1 N–H and O–H groups in total. The van der Waals surface area contributed by atoms with E-state index in [9.17, 15) is 9.18 Å². The molecule has 0 aromatic heterocycles. The monoisotopic (exact) mass is 394 g/mol. The van der Waals surface area contributed by atoms with Gasteiger partial charge >= 0.3 is 0 Å². The van der Waals surface area contributed by atoms with Gasteiger partial charge in [-0.05, 0) is 30.3 Å². The molecular weight excluding hydrogens is 371 g/mol. The number of nitrogens with one attached hydrogen (secondary N) is 1. The molecule has 1 unspecified atom stereocenters. The maximum Gasteiger partial charge on any atom is 0.226 e. The molecule has 146 valence electrons. The Balaban J connectivity index is 0.00000261. The van der Waals surface area contributed by atoms with E-state index < -0.39 is 0 Å². The SMILES string of the molecule is COc1ccccc1C1CNCCN1C(=O)CCOc1ccc(F)cc1.Cl. The van der Waals surface area contributed by atoms with Gasteiger partial charge in [0.25, 0.3) is 0 Å². The second kappa shape index (κ2) is 10.1. The number of amides is 1. The number of piperazine rings is 1. The minimum atomic E-state index is -0.311. The molecule has 0 aliphatic carbocycles. The number of ether oxygens (including phenoxy) is 2. The van der Waals surface area contributed by atoms with E-state index in [1.54, 1.807) is 19.2 Å². The van der Waals surface area contributed by atoms with Gasteiger partial charge in [0.05, 0.1) is 26.2 Å². The number of halogens is 2. The third-order valence-electron chi connectivity index (χ3n) is 4.46. The van der Waals surface area contributed by atoms with Gasteiger partial charge in [-0.15, -0.1) is 12.4 Å². The lowest BCUT2D eigenvalue weighted by molar-refractivity contribution is -0.135. The lowest BCUT2D eigenvalue weighted by Gasteiger charge is -2.37. The van der Waals surface area contributed by atoms with E-state index in [0.29, 0.717) is 18.8 Å². The van der Waals surface area contributed by atoms with Crippen LogP contribution in [-0.4, -0.2) is 44.2 Å². The van der Waals surface area contributed by atoms with Gasteiger partial charge in [0.1, 0.15) is 17.3 Å². The van der Waals surface area contributed by atoms with Gasteiger partial charge in [-0.2, -0.15) is 0 Å². The largest absolute Gasteiger partial charge is 0.496 e. The van der Waals surface area contributed by atoms with Crippen LogP contribution in [0.5, 0.6) is 11.5 Å². The van der Waals surface area contributed by atoms with Crippen molar-refractivity contribution in [1.29, 1.82) is 0 Å². The Kier molecular flexibility index (Phi) is 7.88. The van der Waals surface area contributed by atoms with Crippen LogP contribution in [0.15, 0.2) is 48.5 Å². The topological polar surface area (TPSA) is 50.8 Å². The van der Waals surface area contributed by atoms with E-state index in [4.69, 9.17) is 9.47 Å². The third kappa shape index (κ3) is 5.34. The zero-order chi connectivity index (χ0) is 18.4. The average molecular weight is 395 g/mol. The van der Waals surface area contributed by atoms with E-state index in [1.807, 2.05) is 29.2 Å². The molecule has 1 amide bonds. The highest BCUT2D eigenvalue weighted by molar-refractivity contribution is 5.85. The van der Waals surface area contributed by atoms with Crippen molar-refractivity contribution >= 4 is 18.3 Å². The van der Waals surface area contributed by atoms with Crippen LogP contribution in [-0.2, 0) is 4.79 Å². The molecule has 0 radical (unpaired) electrons. The van der Waals surface area contributed by atoms with Gasteiger partial charge in [0, 0.05) is 25.2 Å². The lowest BCUT2D eigenvalue weighted by Crippen LogP contribution is -2.49. The van der Waals surface area contributed by atoms with Gasteiger partial charge in [0.15, 0.2) is 0 Å². The Labute approximate surface area is 164 Å². The Morgan fingerprint density at radius 3 is 2.70 bits per heavy atom. The minimum absolute atomic E-state index is 0. The number of hydrogen-bond acceptors (Lipinski definition) is 4. The zero-order valence-electron chi connectivity index (χ0n) is 15.2. The maximum absolute atomic E-state index is 12.9. The highest BCUT2D eigenvalue weighted by Crippen LogP contribution is 2.30. The summed E-state index contributed by atoms with van der Waals surface area (Å²) in [6.07, 6.45) is 0.267. The van der Waals surface area contributed by atoms with Crippen LogP contribution in [0.25, 0.3) is 0 Å². The minimum Gasteiger partial charge on any atom is -0.496 e. The summed E-state index contributed by atoms with van der Waals surface area (Å²) in [5, 5.41) is 3.34. The van der Waals surface area contributed by atoms with Gasteiger partial charge in [0.2, 0.25) is 5.91 Å². The van der Waals surface area contributed by atoms with Crippen molar-refractivity contribution in [3.63, 3.8) is 0 Å². The molecule has 0 saturated carbocycles. The Morgan fingerprint density at radius 1 is 1.22 bits per heavy atom. The Morgan fingerprint density at radius 2 is 1.96 bits per heavy atom. The van der Waals surface area contributed by atoms with Crippen LogP contribution in [0.3, 0.4) is 0 Å². The summed E-state index contributed by atoms with van der Waals surface area (Å²) in [5.41, 5.74) is 0.995. The fourth-order valence-electron chi connectivity index (χ4n) is 3.15. The predicted molar refractivity (Wildman–Crippen MR) is 104 cm³/mol. The van der Waals surface area contributed by atoms with E-state index in [-0.39, 0.29) is 43.2 Å². The van der Waals surface area contributed by atoms with Crippen molar-refractivity contribution in [3.8, 4) is 11.5 Å². The summed E-state index contributed by atoms with van der Waals surface area (Å²) >= 11 is 0. The second-order valence-electron chi connectivity index (χ2n) is 6.10. The summed E-state index contributed by atoms with van der Waals surface area (Å²) < 4.78 is 23.9. The van der Waals surface area contributed by atoms with Gasteiger partial charge in [-0.25, -0.2) is 4.39 Å². The molecule has 2 aromatic carbocycles. The van der Waals surface area contributed by atoms with Crippen molar-refractivity contribution in [2.75, 3.05) is 33.4 Å². The molecule has 1 aliphatic heterocycles. The van der Waals surface area contributed by atoms with Crippen LogP contribution < -0.4 is 14.8 Å². The predicted octanol–water partition coefficient (Wildman–Crippen LogP) is 3.20. The molecular formula is C20H24ClFN2O3. The number of nitrogens with zero attached hydrogens (tertiary/aromatic N) is 1.